The Hall–Kier alpha value is -1.61. The summed E-state index contributed by atoms with van der Waals surface area (Å²) in [5, 5.41) is 28.7. The Morgan fingerprint density at radius 1 is 1.28 bits per heavy atom. The van der Waals surface area contributed by atoms with E-state index in [9.17, 15) is 10.2 Å². The predicted octanol–water partition coefficient (Wildman–Crippen LogP) is -1.56. The summed E-state index contributed by atoms with van der Waals surface area (Å²) in [6.45, 7) is -0.363. The molecular weight excluding hydrogens is 240 g/mol. The third kappa shape index (κ3) is 1.58. The number of aromatic nitrogens is 4. The molecule has 1 saturated heterocycles. The summed E-state index contributed by atoms with van der Waals surface area (Å²) in [7, 11) is 0. The van der Waals surface area contributed by atoms with Gasteiger partial charge in [0.05, 0.1) is 19.1 Å². The number of aliphatic hydroxyl groups excluding tert-OH is 3. The Kier molecular flexibility index (Phi) is 2.71. The number of fused-ring (bicyclic) bond motifs is 1. The summed E-state index contributed by atoms with van der Waals surface area (Å²) in [4.78, 5) is 11.9. The molecule has 3 rings (SSSR count). The molecular formula is C10H12N4O4. The van der Waals surface area contributed by atoms with Crippen molar-refractivity contribution in [3.8, 4) is 0 Å². The lowest BCUT2D eigenvalue weighted by Gasteiger charge is -2.16. The van der Waals surface area contributed by atoms with E-state index in [1.165, 1.54) is 12.7 Å². The van der Waals surface area contributed by atoms with E-state index in [1.807, 2.05) is 0 Å². The molecule has 0 radical (unpaired) electrons. The Morgan fingerprint density at radius 3 is 2.83 bits per heavy atom. The first-order chi connectivity index (χ1) is 8.72. The van der Waals surface area contributed by atoms with Gasteiger partial charge in [0.25, 0.3) is 0 Å². The highest BCUT2D eigenvalue weighted by Gasteiger charge is 2.43. The zero-order chi connectivity index (χ0) is 12.7. The van der Waals surface area contributed by atoms with Crippen molar-refractivity contribution in [1.82, 2.24) is 19.5 Å². The molecule has 0 bridgehead atoms. The van der Waals surface area contributed by atoms with Crippen molar-refractivity contribution >= 4 is 11.2 Å². The molecule has 0 amide bonds. The van der Waals surface area contributed by atoms with Crippen molar-refractivity contribution in [2.75, 3.05) is 6.61 Å². The molecule has 96 valence electrons. The van der Waals surface area contributed by atoms with Gasteiger partial charge in [-0.3, -0.25) is 4.57 Å². The van der Waals surface area contributed by atoms with Crippen LogP contribution < -0.4 is 0 Å². The van der Waals surface area contributed by atoms with Crippen LogP contribution in [0.5, 0.6) is 0 Å². The van der Waals surface area contributed by atoms with Crippen molar-refractivity contribution in [2.45, 2.75) is 24.5 Å². The van der Waals surface area contributed by atoms with Crippen LogP contribution in [0.4, 0.5) is 0 Å². The van der Waals surface area contributed by atoms with Crippen LogP contribution in [-0.2, 0) is 4.74 Å². The number of hydrogen-bond donors (Lipinski definition) is 3. The van der Waals surface area contributed by atoms with Crippen molar-refractivity contribution in [2.24, 2.45) is 0 Å². The topological polar surface area (TPSA) is 114 Å². The number of ether oxygens (including phenoxy) is 1. The first kappa shape index (κ1) is 11.5. The van der Waals surface area contributed by atoms with Crippen LogP contribution >= 0.6 is 0 Å². The molecule has 3 N–H and O–H groups in total. The molecule has 8 nitrogen and oxygen atoms in total. The fraction of sp³-hybridized carbons (Fsp3) is 0.500. The summed E-state index contributed by atoms with van der Waals surface area (Å²) in [6, 6.07) is 0. The van der Waals surface area contributed by atoms with E-state index in [-0.39, 0.29) is 6.61 Å². The van der Waals surface area contributed by atoms with E-state index < -0.39 is 24.5 Å². The quantitative estimate of drug-likeness (QED) is 0.592. The van der Waals surface area contributed by atoms with Gasteiger partial charge in [-0.15, -0.1) is 0 Å². The van der Waals surface area contributed by atoms with E-state index in [0.29, 0.717) is 11.2 Å². The van der Waals surface area contributed by atoms with Gasteiger partial charge in [0.1, 0.15) is 30.2 Å². The summed E-state index contributed by atoms with van der Waals surface area (Å²) < 4.78 is 6.95. The van der Waals surface area contributed by atoms with Gasteiger partial charge in [0, 0.05) is 0 Å². The van der Waals surface area contributed by atoms with Crippen molar-refractivity contribution in [1.29, 1.82) is 0 Å². The third-order valence-electron chi connectivity index (χ3n) is 3.05. The van der Waals surface area contributed by atoms with Crippen molar-refractivity contribution < 1.29 is 20.1 Å². The first-order valence-corrected chi connectivity index (χ1v) is 5.47. The monoisotopic (exact) mass is 252 g/mol. The first-order valence-electron chi connectivity index (χ1n) is 5.47. The number of hydrogen-bond acceptors (Lipinski definition) is 7. The zero-order valence-electron chi connectivity index (χ0n) is 9.29. The molecule has 18 heavy (non-hydrogen) atoms. The molecule has 0 unspecified atom stereocenters. The molecule has 0 aliphatic carbocycles. The zero-order valence-corrected chi connectivity index (χ0v) is 9.29. The molecule has 4 atom stereocenters. The lowest BCUT2D eigenvalue weighted by molar-refractivity contribution is -0.0509. The maximum absolute atomic E-state index is 9.91. The normalized spacial score (nSPS) is 32.2. The van der Waals surface area contributed by atoms with Crippen molar-refractivity contribution in [3.05, 3.63) is 18.9 Å². The van der Waals surface area contributed by atoms with Gasteiger partial charge >= 0.3 is 0 Å². The van der Waals surface area contributed by atoms with E-state index in [0.717, 1.165) is 0 Å². The highest BCUT2D eigenvalue weighted by atomic mass is 16.6. The Balaban J connectivity index is 2.00. The summed E-state index contributed by atoms with van der Waals surface area (Å²) in [5.74, 6) is 0. The van der Waals surface area contributed by atoms with Gasteiger partial charge in [-0.2, -0.15) is 0 Å². The van der Waals surface area contributed by atoms with Crippen LogP contribution in [0.2, 0.25) is 0 Å². The fourth-order valence-electron chi connectivity index (χ4n) is 2.09. The summed E-state index contributed by atoms with van der Waals surface area (Å²) in [6.07, 6.45) is 0.475. The van der Waals surface area contributed by atoms with Crippen LogP contribution in [-0.4, -0.2) is 59.8 Å². The predicted molar refractivity (Wildman–Crippen MR) is 58.3 cm³/mol. The molecule has 1 fully saturated rings. The van der Waals surface area contributed by atoms with Gasteiger partial charge in [0.15, 0.2) is 11.9 Å². The molecule has 2 aromatic rings. The Labute approximate surface area is 102 Å². The summed E-state index contributed by atoms with van der Waals surface area (Å²) >= 11 is 0. The van der Waals surface area contributed by atoms with Crippen LogP contribution in [0.3, 0.4) is 0 Å². The SMILES string of the molecule is OC[C@H]1O[C@@H](n2cnc3ncncc32)[C@H](O)[C@@H]1O. The minimum atomic E-state index is -1.14. The van der Waals surface area contributed by atoms with Crippen LogP contribution in [0.15, 0.2) is 18.9 Å². The van der Waals surface area contributed by atoms with E-state index >= 15 is 0 Å². The molecule has 8 heteroatoms. The van der Waals surface area contributed by atoms with Gasteiger partial charge < -0.3 is 20.1 Å². The second-order valence-corrected chi connectivity index (χ2v) is 4.11. The Morgan fingerprint density at radius 2 is 2.11 bits per heavy atom. The minimum Gasteiger partial charge on any atom is -0.394 e. The van der Waals surface area contributed by atoms with Crippen molar-refractivity contribution in [3.63, 3.8) is 0 Å². The third-order valence-corrected chi connectivity index (χ3v) is 3.05. The average Bonchev–Trinajstić information content (AvgIpc) is 2.93. The Bertz CT molecular complexity index is 560. The van der Waals surface area contributed by atoms with E-state index in [2.05, 4.69) is 15.0 Å². The lowest BCUT2D eigenvalue weighted by Crippen LogP contribution is -2.33. The smallest absolute Gasteiger partial charge is 0.180 e. The number of nitrogens with zero attached hydrogens (tertiary/aromatic N) is 4. The van der Waals surface area contributed by atoms with Crippen LogP contribution in [0.1, 0.15) is 6.23 Å². The second-order valence-electron chi connectivity index (χ2n) is 4.11. The van der Waals surface area contributed by atoms with Gasteiger partial charge in [-0.1, -0.05) is 0 Å². The molecule has 3 heterocycles. The molecule has 2 aromatic heterocycles. The number of imidazole rings is 1. The van der Waals surface area contributed by atoms with E-state index in [1.54, 1.807) is 10.8 Å². The molecule has 1 aliphatic rings. The maximum atomic E-state index is 9.91. The van der Waals surface area contributed by atoms with Crippen LogP contribution in [0, 0.1) is 0 Å². The highest BCUT2D eigenvalue weighted by Crippen LogP contribution is 2.30. The standard InChI is InChI=1S/C10H12N4O4/c15-2-6-7(16)8(17)10(18-6)14-4-13-9-5(14)1-11-3-12-9/h1,3-4,6-8,10,15-17H,2H2/t6-,7-,8-,10-/m1/s1. The lowest BCUT2D eigenvalue weighted by atomic mass is 10.1. The number of rotatable bonds is 2. The molecule has 0 saturated carbocycles. The number of aliphatic hydroxyl groups is 3. The largest absolute Gasteiger partial charge is 0.394 e. The van der Waals surface area contributed by atoms with E-state index in [4.69, 9.17) is 9.84 Å². The second kappa shape index (κ2) is 4.25. The maximum Gasteiger partial charge on any atom is 0.180 e. The van der Waals surface area contributed by atoms with Gasteiger partial charge in [-0.05, 0) is 0 Å². The van der Waals surface area contributed by atoms with Gasteiger partial charge in [0.2, 0.25) is 0 Å². The molecule has 1 aliphatic heterocycles. The van der Waals surface area contributed by atoms with Crippen LogP contribution in [0.25, 0.3) is 11.2 Å². The molecule has 0 spiro atoms. The highest BCUT2D eigenvalue weighted by molar-refractivity contribution is 5.69. The minimum absolute atomic E-state index is 0.363. The average molecular weight is 252 g/mol. The molecule has 0 aromatic carbocycles. The fourth-order valence-corrected chi connectivity index (χ4v) is 2.09. The summed E-state index contributed by atoms with van der Waals surface area (Å²) in [5.41, 5.74) is 1.06. The van der Waals surface area contributed by atoms with Gasteiger partial charge in [-0.25, -0.2) is 15.0 Å².